The maximum Gasteiger partial charge on any atom is 0.325 e. The van der Waals surface area contributed by atoms with Gasteiger partial charge in [-0.15, -0.1) is 0 Å². The molecule has 2 aliphatic rings. The molecular formula is C17H15N3O3. The van der Waals surface area contributed by atoms with Gasteiger partial charge in [0.25, 0.3) is 5.91 Å². The van der Waals surface area contributed by atoms with Gasteiger partial charge in [0.15, 0.2) is 5.78 Å². The van der Waals surface area contributed by atoms with Crippen molar-refractivity contribution in [2.24, 2.45) is 0 Å². The molecule has 2 heterocycles. The normalized spacial score (nSPS) is 22.5. The van der Waals surface area contributed by atoms with Crippen LogP contribution in [0.15, 0.2) is 42.6 Å². The van der Waals surface area contributed by atoms with Crippen LogP contribution in [0.1, 0.15) is 28.0 Å². The molecule has 4 rings (SSSR count). The quantitative estimate of drug-likeness (QED) is 0.667. The van der Waals surface area contributed by atoms with E-state index in [4.69, 9.17) is 0 Å². The summed E-state index contributed by atoms with van der Waals surface area (Å²) in [5.74, 6) is -0.630. The van der Waals surface area contributed by atoms with Crippen LogP contribution < -0.4 is 5.32 Å². The molecular weight excluding hydrogens is 294 g/mol. The molecule has 2 N–H and O–H groups in total. The molecule has 23 heavy (non-hydrogen) atoms. The second-order valence-corrected chi connectivity index (χ2v) is 5.89. The average Bonchev–Trinajstić information content (AvgIpc) is 3.25. The number of ketones is 1. The zero-order chi connectivity index (χ0) is 16.0. The van der Waals surface area contributed by atoms with Gasteiger partial charge >= 0.3 is 6.03 Å². The predicted octanol–water partition coefficient (Wildman–Crippen LogP) is 1.59. The maximum absolute atomic E-state index is 12.9. The van der Waals surface area contributed by atoms with Gasteiger partial charge in [-0.05, 0) is 36.1 Å². The molecule has 1 aromatic carbocycles. The fourth-order valence-electron chi connectivity index (χ4n) is 3.47. The second kappa shape index (κ2) is 4.81. The van der Waals surface area contributed by atoms with Gasteiger partial charge in [-0.25, -0.2) is 4.79 Å². The monoisotopic (exact) mass is 309 g/mol. The first-order valence-electron chi connectivity index (χ1n) is 7.51. The third-order valence-corrected chi connectivity index (χ3v) is 4.62. The molecule has 0 saturated carbocycles. The molecule has 0 unspecified atom stereocenters. The highest BCUT2D eigenvalue weighted by atomic mass is 16.2. The Balaban J connectivity index is 1.64. The number of hydrogen-bond acceptors (Lipinski definition) is 3. The lowest BCUT2D eigenvalue weighted by Crippen LogP contribution is -2.42. The Bertz CT molecular complexity index is 812. The number of H-pyrrole nitrogens is 1. The third-order valence-electron chi connectivity index (χ3n) is 4.62. The lowest BCUT2D eigenvalue weighted by atomic mass is 9.92. The zero-order valence-corrected chi connectivity index (χ0v) is 12.3. The standard InChI is InChI=1S/C17H15N3O3/c21-14(13-6-3-9-18-13)10-20-15(22)17(19-16(20)23)8-7-11-4-1-2-5-12(11)17/h1-6,9,18H,7-8,10H2,(H,19,23)/t17-/m0/s1. The molecule has 0 radical (unpaired) electrons. The van der Waals surface area contributed by atoms with E-state index in [1.54, 1.807) is 18.3 Å². The summed E-state index contributed by atoms with van der Waals surface area (Å²) in [6.45, 7) is -0.255. The number of aromatic nitrogens is 1. The number of benzene rings is 1. The predicted molar refractivity (Wildman–Crippen MR) is 81.8 cm³/mol. The van der Waals surface area contributed by atoms with Gasteiger partial charge in [0.1, 0.15) is 5.54 Å². The van der Waals surface area contributed by atoms with E-state index in [1.807, 2.05) is 24.3 Å². The van der Waals surface area contributed by atoms with Crippen LogP contribution in [0.5, 0.6) is 0 Å². The minimum absolute atomic E-state index is 0.255. The van der Waals surface area contributed by atoms with Crippen molar-refractivity contribution >= 4 is 17.7 Å². The van der Waals surface area contributed by atoms with E-state index in [0.29, 0.717) is 12.1 Å². The maximum atomic E-state index is 12.9. The lowest BCUT2D eigenvalue weighted by molar-refractivity contribution is -0.131. The summed E-state index contributed by atoms with van der Waals surface area (Å²) in [5, 5.41) is 2.81. The number of fused-ring (bicyclic) bond motifs is 2. The number of Topliss-reactive ketones (excluding diaryl/α,β-unsaturated/α-hetero) is 1. The topological polar surface area (TPSA) is 82.3 Å². The van der Waals surface area contributed by atoms with Crippen LogP contribution in [0.25, 0.3) is 0 Å². The van der Waals surface area contributed by atoms with E-state index < -0.39 is 11.6 Å². The summed E-state index contributed by atoms with van der Waals surface area (Å²) in [4.78, 5) is 41.2. The summed E-state index contributed by atoms with van der Waals surface area (Å²) < 4.78 is 0. The van der Waals surface area contributed by atoms with Crippen molar-refractivity contribution in [2.45, 2.75) is 18.4 Å². The molecule has 116 valence electrons. The van der Waals surface area contributed by atoms with E-state index in [9.17, 15) is 14.4 Å². The smallest absolute Gasteiger partial charge is 0.325 e. The van der Waals surface area contributed by atoms with E-state index >= 15 is 0 Å². The van der Waals surface area contributed by atoms with Crippen LogP contribution >= 0.6 is 0 Å². The molecule has 1 aliphatic carbocycles. The Labute approximate surface area is 132 Å². The first-order chi connectivity index (χ1) is 11.1. The van der Waals surface area contributed by atoms with E-state index in [-0.39, 0.29) is 18.2 Å². The van der Waals surface area contributed by atoms with Crippen molar-refractivity contribution in [3.05, 3.63) is 59.4 Å². The number of urea groups is 1. The molecule has 3 amide bonds. The Kier molecular flexibility index (Phi) is 2.87. The molecule has 6 heteroatoms. The summed E-state index contributed by atoms with van der Waals surface area (Å²) in [5.41, 5.74) is 1.29. The number of nitrogens with zero attached hydrogens (tertiary/aromatic N) is 1. The van der Waals surface area contributed by atoms with Crippen molar-refractivity contribution in [1.82, 2.24) is 15.2 Å². The van der Waals surface area contributed by atoms with Crippen molar-refractivity contribution in [1.29, 1.82) is 0 Å². The highest BCUT2D eigenvalue weighted by Gasteiger charge is 2.55. The summed E-state index contributed by atoms with van der Waals surface area (Å²) in [6, 6.07) is 10.4. The number of carbonyl (C=O) groups excluding carboxylic acids is 3. The largest absolute Gasteiger partial charge is 0.359 e. The van der Waals surface area contributed by atoms with Crippen molar-refractivity contribution < 1.29 is 14.4 Å². The number of nitrogens with one attached hydrogen (secondary N) is 2. The fourth-order valence-corrected chi connectivity index (χ4v) is 3.47. The molecule has 1 saturated heterocycles. The minimum Gasteiger partial charge on any atom is -0.359 e. The number of carbonyl (C=O) groups is 3. The number of rotatable bonds is 3. The number of aromatic amines is 1. The molecule has 1 aromatic heterocycles. The Morgan fingerprint density at radius 1 is 1.17 bits per heavy atom. The van der Waals surface area contributed by atoms with Gasteiger partial charge in [-0.1, -0.05) is 24.3 Å². The van der Waals surface area contributed by atoms with Gasteiger partial charge in [0, 0.05) is 6.20 Å². The SMILES string of the molecule is O=C(CN1C(=O)N[C@]2(CCc3ccccc32)C1=O)c1ccc[nH]1. The van der Waals surface area contributed by atoms with E-state index in [2.05, 4.69) is 10.3 Å². The number of imide groups is 1. The molecule has 1 fully saturated rings. The summed E-state index contributed by atoms with van der Waals surface area (Å²) >= 11 is 0. The van der Waals surface area contributed by atoms with E-state index in [1.165, 1.54) is 0 Å². The Hall–Kier alpha value is -2.89. The third kappa shape index (κ3) is 1.91. The minimum atomic E-state index is -1.01. The van der Waals surface area contributed by atoms with Gasteiger partial charge in [-0.2, -0.15) is 0 Å². The average molecular weight is 309 g/mol. The van der Waals surface area contributed by atoms with E-state index in [0.717, 1.165) is 22.4 Å². The van der Waals surface area contributed by atoms with Crippen molar-refractivity contribution in [3.8, 4) is 0 Å². The van der Waals surface area contributed by atoms with Crippen LogP contribution in [-0.4, -0.2) is 34.2 Å². The highest BCUT2D eigenvalue weighted by molar-refractivity contribution is 6.11. The van der Waals surface area contributed by atoms with Gasteiger partial charge in [-0.3, -0.25) is 14.5 Å². The van der Waals surface area contributed by atoms with Gasteiger partial charge in [0.2, 0.25) is 0 Å². The van der Waals surface area contributed by atoms with Crippen LogP contribution in [0, 0.1) is 0 Å². The molecule has 2 aromatic rings. The molecule has 1 aliphatic heterocycles. The number of aryl methyl sites for hydroxylation is 1. The van der Waals surface area contributed by atoms with Crippen molar-refractivity contribution in [2.75, 3.05) is 6.54 Å². The number of hydrogen-bond donors (Lipinski definition) is 2. The fraction of sp³-hybridized carbons (Fsp3) is 0.235. The van der Waals surface area contributed by atoms with Crippen LogP contribution in [0.2, 0.25) is 0 Å². The first-order valence-corrected chi connectivity index (χ1v) is 7.51. The van der Waals surface area contributed by atoms with Crippen LogP contribution in [-0.2, 0) is 16.8 Å². The molecule has 1 atom stereocenters. The van der Waals surface area contributed by atoms with Crippen molar-refractivity contribution in [3.63, 3.8) is 0 Å². The Morgan fingerprint density at radius 3 is 2.78 bits per heavy atom. The Morgan fingerprint density at radius 2 is 2.00 bits per heavy atom. The lowest BCUT2D eigenvalue weighted by Gasteiger charge is -2.22. The highest BCUT2D eigenvalue weighted by Crippen LogP contribution is 2.41. The van der Waals surface area contributed by atoms with Gasteiger partial charge < -0.3 is 10.3 Å². The second-order valence-electron chi connectivity index (χ2n) is 5.89. The van der Waals surface area contributed by atoms with Crippen LogP contribution in [0.4, 0.5) is 4.79 Å². The molecule has 0 bridgehead atoms. The molecule has 1 spiro atoms. The number of amides is 3. The zero-order valence-electron chi connectivity index (χ0n) is 12.3. The summed E-state index contributed by atoms with van der Waals surface area (Å²) in [6.07, 6.45) is 2.90. The first kappa shape index (κ1) is 13.8. The van der Waals surface area contributed by atoms with Gasteiger partial charge in [0.05, 0.1) is 12.2 Å². The van der Waals surface area contributed by atoms with Crippen LogP contribution in [0.3, 0.4) is 0 Å². The summed E-state index contributed by atoms with van der Waals surface area (Å²) in [7, 11) is 0. The molecule has 6 nitrogen and oxygen atoms in total.